The van der Waals surface area contributed by atoms with E-state index < -0.39 is 5.97 Å². The van der Waals surface area contributed by atoms with Gasteiger partial charge in [-0.2, -0.15) is 5.10 Å². The Morgan fingerprint density at radius 3 is 3.00 bits per heavy atom. The number of nitrogen functional groups attached to an aromatic ring is 1. The van der Waals surface area contributed by atoms with E-state index in [1.165, 1.54) is 0 Å². The summed E-state index contributed by atoms with van der Waals surface area (Å²) in [5.74, 6) is -1.06. The Morgan fingerprint density at radius 2 is 2.31 bits per heavy atom. The lowest BCUT2D eigenvalue weighted by Crippen LogP contribution is -1.97. The van der Waals surface area contributed by atoms with Gasteiger partial charge in [-0.15, -0.1) is 0 Å². The maximum Gasteiger partial charge on any atom is 0.357 e. The van der Waals surface area contributed by atoms with Crippen LogP contribution >= 0.6 is 0 Å². The smallest absolute Gasteiger partial charge is 0.357 e. The SMILES string of the molecule is Nc1ccc2[nH]nc(C(=O)O)c2c1. The summed E-state index contributed by atoms with van der Waals surface area (Å²) < 4.78 is 0. The fraction of sp³-hybridized carbons (Fsp3) is 0. The molecule has 0 saturated carbocycles. The molecule has 0 aliphatic rings. The molecule has 0 spiro atoms. The largest absolute Gasteiger partial charge is 0.476 e. The molecule has 0 aliphatic heterocycles. The highest BCUT2D eigenvalue weighted by atomic mass is 16.4. The van der Waals surface area contributed by atoms with Crippen molar-refractivity contribution in [1.82, 2.24) is 10.2 Å². The number of H-pyrrole nitrogens is 1. The number of carboxylic acid groups (broad SMARTS) is 1. The third-order valence-corrected chi connectivity index (χ3v) is 1.79. The van der Waals surface area contributed by atoms with Crippen molar-refractivity contribution < 1.29 is 9.90 Å². The summed E-state index contributed by atoms with van der Waals surface area (Å²) >= 11 is 0. The van der Waals surface area contributed by atoms with Gasteiger partial charge in [0.1, 0.15) is 0 Å². The highest BCUT2D eigenvalue weighted by molar-refractivity contribution is 6.01. The number of hydrogen-bond donors (Lipinski definition) is 3. The summed E-state index contributed by atoms with van der Waals surface area (Å²) in [6.07, 6.45) is 0. The van der Waals surface area contributed by atoms with E-state index in [2.05, 4.69) is 10.2 Å². The van der Waals surface area contributed by atoms with Crippen molar-refractivity contribution >= 4 is 22.6 Å². The van der Waals surface area contributed by atoms with Crippen molar-refractivity contribution in [3.63, 3.8) is 0 Å². The van der Waals surface area contributed by atoms with Gasteiger partial charge in [-0.3, -0.25) is 5.10 Å². The molecule has 1 heterocycles. The molecule has 0 amide bonds. The summed E-state index contributed by atoms with van der Waals surface area (Å²) in [4.78, 5) is 10.7. The number of fused-ring (bicyclic) bond motifs is 1. The predicted octanol–water partition coefficient (Wildman–Crippen LogP) is 0.843. The zero-order valence-corrected chi connectivity index (χ0v) is 6.61. The second kappa shape index (κ2) is 2.48. The molecule has 0 radical (unpaired) electrons. The molecule has 2 aromatic rings. The summed E-state index contributed by atoms with van der Waals surface area (Å²) in [6, 6.07) is 4.97. The van der Waals surface area contributed by atoms with E-state index in [1.807, 2.05) is 0 Å². The third-order valence-electron chi connectivity index (χ3n) is 1.79. The van der Waals surface area contributed by atoms with Crippen molar-refractivity contribution in [2.75, 3.05) is 5.73 Å². The topological polar surface area (TPSA) is 92.0 Å². The van der Waals surface area contributed by atoms with Crippen LogP contribution in [-0.4, -0.2) is 21.3 Å². The Hall–Kier alpha value is -2.04. The maximum absolute atomic E-state index is 10.7. The van der Waals surface area contributed by atoms with E-state index in [0.717, 1.165) is 0 Å². The number of benzene rings is 1. The van der Waals surface area contributed by atoms with Crippen molar-refractivity contribution in [2.45, 2.75) is 0 Å². The van der Waals surface area contributed by atoms with Crippen LogP contribution in [0.4, 0.5) is 5.69 Å². The van der Waals surface area contributed by atoms with E-state index in [9.17, 15) is 4.79 Å². The van der Waals surface area contributed by atoms with E-state index >= 15 is 0 Å². The number of aromatic nitrogens is 2. The number of carboxylic acids is 1. The Bertz CT molecular complexity index is 475. The first-order chi connectivity index (χ1) is 6.18. The second-order valence-corrected chi connectivity index (χ2v) is 2.68. The van der Waals surface area contributed by atoms with Crippen LogP contribution in [0.15, 0.2) is 18.2 Å². The molecule has 4 N–H and O–H groups in total. The number of nitrogens with zero attached hydrogens (tertiary/aromatic N) is 1. The van der Waals surface area contributed by atoms with Crippen molar-refractivity contribution in [3.8, 4) is 0 Å². The minimum Gasteiger partial charge on any atom is -0.476 e. The molecule has 0 fully saturated rings. The van der Waals surface area contributed by atoms with Gasteiger partial charge in [0.25, 0.3) is 0 Å². The Labute approximate surface area is 73.2 Å². The minimum atomic E-state index is -1.06. The van der Waals surface area contributed by atoms with Crippen molar-refractivity contribution in [1.29, 1.82) is 0 Å². The van der Waals surface area contributed by atoms with Gasteiger partial charge in [-0.25, -0.2) is 4.79 Å². The normalized spacial score (nSPS) is 10.5. The summed E-state index contributed by atoms with van der Waals surface area (Å²) in [7, 11) is 0. The molecular weight excluding hydrogens is 170 g/mol. The maximum atomic E-state index is 10.7. The van der Waals surface area contributed by atoms with Crippen LogP contribution in [0.25, 0.3) is 10.9 Å². The molecule has 2 rings (SSSR count). The highest BCUT2D eigenvalue weighted by Gasteiger charge is 2.11. The Kier molecular flexibility index (Phi) is 1.45. The number of aromatic amines is 1. The number of hydrogen-bond acceptors (Lipinski definition) is 3. The number of aromatic carboxylic acids is 1. The van der Waals surface area contributed by atoms with Crippen LogP contribution in [-0.2, 0) is 0 Å². The first kappa shape index (κ1) is 7.60. The van der Waals surface area contributed by atoms with Gasteiger partial charge in [0.2, 0.25) is 0 Å². The standard InChI is InChI=1S/C8H7N3O2/c9-4-1-2-6-5(3-4)7(8(12)13)11-10-6/h1-3H,9H2,(H,10,11)(H,12,13). The van der Waals surface area contributed by atoms with Crippen LogP contribution in [0.5, 0.6) is 0 Å². The summed E-state index contributed by atoms with van der Waals surface area (Å²) in [5.41, 5.74) is 6.72. The van der Waals surface area contributed by atoms with Crippen LogP contribution in [0.3, 0.4) is 0 Å². The lowest BCUT2D eigenvalue weighted by Gasteiger charge is -1.92. The molecule has 66 valence electrons. The molecule has 0 aliphatic carbocycles. The number of nitrogens with two attached hydrogens (primary N) is 1. The van der Waals surface area contributed by atoms with Crippen LogP contribution < -0.4 is 5.73 Å². The third kappa shape index (κ3) is 1.10. The molecule has 0 saturated heterocycles. The van der Waals surface area contributed by atoms with Crippen molar-refractivity contribution in [2.24, 2.45) is 0 Å². The number of anilines is 1. The molecule has 13 heavy (non-hydrogen) atoms. The van der Waals surface area contributed by atoms with Crippen LogP contribution in [0.2, 0.25) is 0 Å². The predicted molar refractivity (Wildman–Crippen MR) is 47.5 cm³/mol. The van der Waals surface area contributed by atoms with E-state index in [4.69, 9.17) is 10.8 Å². The summed E-state index contributed by atoms with van der Waals surface area (Å²) in [5, 5.41) is 15.5. The fourth-order valence-electron chi connectivity index (χ4n) is 1.19. The molecule has 1 aromatic carbocycles. The zero-order chi connectivity index (χ0) is 9.42. The summed E-state index contributed by atoms with van der Waals surface area (Å²) in [6.45, 7) is 0. The lowest BCUT2D eigenvalue weighted by atomic mass is 10.2. The lowest BCUT2D eigenvalue weighted by molar-refractivity contribution is 0.0692. The van der Waals surface area contributed by atoms with Gasteiger partial charge in [0.15, 0.2) is 5.69 Å². The van der Waals surface area contributed by atoms with E-state index in [1.54, 1.807) is 18.2 Å². The molecule has 1 aromatic heterocycles. The molecule has 0 unspecified atom stereocenters. The Balaban J connectivity index is 2.79. The molecule has 0 atom stereocenters. The average molecular weight is 177 g/mol. The van der Waals surface area contributed by atoms with Gasteiger partial charge in [-0.1, -0.05) is 0 Å². The minimum absolute atomic E-state index is 0.00213. The fourth-order valence-corrected chi connectivity index (χ4v) is 1.19. The number of nitrogens with one attached hydrogen (secondary N) is 1. The molecular formula is C8H7N3O2. The van der Waals surface area contributed by atoms with Gasteiger partial charge >= 0.3 is 5.97 Å². The van der Waals surface area contributed by atoms with E-state index in [0.29, 0.717) is 16.6 Å². The van der Waals surface area contributed by atoms with Crippen LogP contribution in [0, 0.1) is 0 Å². The number of carbonyl (C=O) groups is 1. The number of rotatable bonds is 1. The Morgan fingerprint density at radius 1 is 1.54 bits per heavy atom. The molecule has 5 heteroatoms. The molecule has 5 nitrogen and oxygen atoms in total. The van der Waals surface area contributed by atoms with Crippen molar-refractivity contribution in [3.05, 3.63) is 23.9 Å². The van der Waals surface area contributed by atoms with E-state index in [-0.39, 0.29) is 5.69 Å². The second-order valence-electron chi connectivity index (χ2n) is 2.68. The zero-order valence-electron chi connectivity index (χ0n) is 6.61. The molecule has 0 bridgehead atoms. The van der Waals surface area contributed by atoms with Crippen LogP contribution in [0.1, 0.15) is 10.5 Å². The average Bonchev–Trinajstić information content (AvgIpc) is 2.46. The van der Waals surface area contributed by atoms with Gasteiger partial charge in [-0.05, 0) is 18.2 Å². The van der Waals surface area contributed by atoms with Gasteiger partial charge < -0.3 is 10.8 Å². The van der Waals surface area contributed by atoms with Gasteiger partial charge in [0, 0.05) is 11.1 Å². The van der Waals surface area contributed by atoms with Gasteiger partial charge in [0.05, 0.1) is 5.52 Å². The monoisotopic (exact) mass is 177 g/mol. The quantitative estimate of drug-likeness (QED) is 0.563. The highest BCUT2D eigenvalue weighted by Crippen LogP contribution is 2.18. The first-order valence-corrected chi connectivity index (χ1v) is 3.65. The first-order valence-electron chi connectivity index (χ1n) is 3.65.